The molecule has 2 atom stereocenters. The number of carbonyl (C=O) groups excluding carboxylic acids is 3. The Labute approximate surface area is 165 Å². The topological polar surface area (TPSA) is 131 Å². The fourth-order valence-electron chi connectivity index (χ4n) is 2.81. The Morgan fingerprint density at radius 2 is 1.79 bits per heavy atom. The number of para-hydroxylation sites is 1. The molecule has 10 nitrogen and oxygen atoms in total. The predicted octanol–water partition coefficient (Wildman–Crippen LogP) is 1.86. The number of ether oxygens (including phenoxy) is 1. The molecule has 1 fully saturated rings. The van der Waals surface area contributed by atoms with Crippen LogP contribution in [0.1, 0.15) is 19.4 Å². The molecule has 4 amide bonds. The van der Waals surface area contributed by atoms with Crippen LogP contribution in [0.3, 0.4) is 0 Å². The molecule has 2 aromatic carbocycles. The maximum Gasteiger partial charge on any atom is 0.344 e. The van der Waals surface area contributed by atoms with Crippen molar-refractivity contribution in [2.75, 3.05) is 0 Å². The van der Waals surface area contributed by atoms with Crippen LogP contribution >= 0.6 is 0 Å². The van der Waals surface area contributed by atoms with Gasteiger partial charge in [0.1, 0.15) is 11.3 Å². The molecule has 0 radical (unpaired) electrons. The van der Waals surface area contributed by atoms with Crippen molar-refractivity contribution >= 4 is 23.5 Å². The smallest absolute Gasteiger partial charge is 0.344 e. The number of non-ortho nitro benzene ring substituents is 1. The van der Waals surface area contributed by atoms with E-state index < -0.39 is 34.4 Å². The summed E-state index contributed by atoms with van der Waals surface area (Å²) in [7, 11) is 0. The van der Waals surface area contributed by atoms with Crippen molar-refractivity contribution in [3.05, 3.63) is 70.3 Å². The molecule has 0 aromatic heterocycles. The van der Waals surface area contributed by atoms with E-state index in [0.29, 0.717) is 16.3 Å². The standard InChI is InChI=1S/C19H18N4O6/c1-12(29-15-6-4-3-5-7-15)16(24)21-22-17(25)19(2,20-18(22)26)13-8-10-14(11-9-13)23(27)28/h3-12H,1-2H3,(H,20,26)(H,21,24)/t12-,19+/m0/s1. The molecule has 2 N–H and O–H groups in total. The second-order valence-electron chi connectivity index (χ2n) is 6.55. The number of nitro benzene ring substituents is 1. The van der Waals surface area contributed by atoms with Crippen LogP contribution in [0.25, 0.3) is 0 Å². The molecule has 0 saturated carbocycles. The number of rotatable bonds is 6. The second-order valence-corrected chi connectivity index (χ2v) is 6.55. The van der Waals surface area contributed by atoms with Crippen molar-refractivity contribution in [3.63, 3.8) is 0 Å². The Hall–Kier alpha value is -3.95. The molecule has 1 aliphatic rings. The van der Waals surface area contributed by atoms with Crippen LogP contribution in [0.4, 0.5) is 10.5 Å². The van der Waals surface area contributed by atoms with Crippen LogP contribution in [-0.2, 0) is 15.1 Å². The molecule has 0 bridgehead atoms. The molecule has 0 spiro atoms. The van der Waals surface area contributed by atoms with Crippen molar-refractivity contribution in [1.29, 1.82) is 0 Å². The quantitative estimate of drug-likeness (QED) is 0.434. The Balaban J connectivity index is 1.72. The normalized spacial score (nSPS) is 19.4. The van der Waals surface area contributed by atoms with Gasteiger partial charge >= 0.3 is 6.03 Å². The molecule has 10 heteroatoms. The third-order valence-corrected chi connectivity index (χ3v) is 4.49. The van der Waals surface area contributed by atoms with Crippen molar-refractivity contribution in [2.24, 2.45) is 0 Å². The van der Waals surface area contributed by atoms with Crippen LogP contribution in [0.15, 0.2) is 54.6 Å². The molecule has 29 heavy (non-hydrogen) atoms. The van der Waals surface area contributed by atoms with Gasteiger partial charge < -0.3 is 10.1 Å². The summed E-state index contributed by atoms with van der Waals surface area (Å²) in [6.45, 7) is 2.93. The molecule has 0 unspecified atom stereocenters. The number of imide groups is 1. The average Bonchev–Trinajstić information content (AvgIpc) is 2.92. The van der Waals surface area contributed by atoms with Crippen LogP contribution in [0.5, 0.6) is 5.75 Å². The number of benzene rings is 2. The average molecular weight is 398 g/mol. The maximum absolute atomic E-state index is 12.8. The Morgan fingerprint density at radius 3 is 2.38 bits per heavy atom. The van der Waals surface area contributed by atoms with Crippen LogP contribution in [0, 0.1) is 10.1 Å². The van der Waals surface area contributed by atoms with E-state index in [1.54, 1.807) is 30.3 Å². The number of amides is 4. The van der Waals surface area contributed by atoms with E-state index >= 15 is 0 Å². The molecular weight excluding hydrogens is 380 g/mol. The van der Waals surface area contributed by atoms with E-state index in [4.69, 9.17) is 4.74 Å². The lowest BCUT2D eigenvalue weighted by Gasteiger charge is -2.22. The number of nitrogens with zero attached hydrogens (tertiary/aromatic N) is 2. The zero-order chi connectivity index (χ0) is 21.2. The highest BCUT2D eigenvalue weighted by molar-refractivity contribution is 6.08. The van der Waals surface area contributed by atoms with Gasteiger partial charge in [0.2, 0.25) is 0 Å². The molecule has 1 saturated heterocycles. The second kappa shape index (κ2) is 7.58. The SMILES string of the molecule is C[C@H](Oc1ccccc1)C(=O)NN1C(=O)N[C@](C)(c2ccc([N+](=O)[O-])cc2)C1=O. The van der Waals surface area contributed by atoms with Crippen LogP contribution in [-0.4, -0.2) is 33.9 Å². The van der Waals surface area contributed by atoms with Crippen molar-refractivity contribution in [2.45, 2.75) is 25.5 Å². The summed E-state index contributed by atoms with van der Waals surface area (Å²) in [5.41, 5.74) is 0.962. The van der Waals surface area contributed by atoms with Gasteiger partial charge in [-0.05, 0) is 43.7 Å². The largest absolute Gasteiger partial charge is 0.481 e. The number of hydrogen-bond donors (Lipinski definition) is 2. The number of nitrogens with one attached hydrogen (secondary N) is 2. The van der Waals surface area contributed by atoms with E-state index in [0.717, 1.165) is 0 Å². The van der Waals surface area contributed by atoms with Gasteiger partial charge in [-0.15, -0.1) is 0 Å². The summed E-state index contributed by atoms with van der Waals surface area (Å²) in [5, 5.41) is 13.9. The van der Waals surface area contributed by atoms with E-state index in [1.165, 1.54) is 38.1 Å². The number of hydrazine groups is 1. The number of carbonyl (C=O) groups is 3. The van der Waals surface area contributed by atoms with E-state index in [-0.39, 0.29) is 5.69 Å². The third kappa shape index (κ3) is 3.86. The summed E-state index contributed by atoms with van der Waals surface area (Å²) >= 11 is 0. The Bertz CT molecular complexity index is 962. The highest BCUT2D eigenvalue weighted by Crippen LogP contribution is 2.29. The van der Waals surface area contributed by atoms with Gasteiger partial charge in [0.25, 0.3) is 17.5 Å². The Morgan fingerprint density at radius 1 is 1.17 bits per heavy atom. The first kappa shape index (κ1) is 19.8. The number of urea groups is 1. The fourth-order valence-corrected chi connectivity index (χ4v) is 2.81. The van der Waals surface area contributed by atoms with Crippen molar-refractivity contribution < 1.29 is 24.0 Å². The lowest BCUT2D eigenvalue weighted by molar-refractivity contribution is -0.384. The fraction of sp³-hybridized carbons (Fsp3) is 0.211. The molecule has 0 aliphatic carbocycles. The minimum absolute atomic E-state index is 0.147. The molecule has 3 rings (SSSR count). The zero-order valence-corrected chi connectivity index (χ0v) is 15.6. The molecular formula is C19H18N4O6. The first-order valence-electron chi connectivity index (χ1n) is 8.66. The molecule has 1 heterocycles. The van der Waals surface area contributed by atoms with E-state index in [2.05, 4.69) is 10.7 Å². The van der Waals surface area contributed by atoms with Gasteiger partial charge in [0.05, 0.1) is 4.92 Å². The summed E-state index contributed by atoms with van der Waals surface area (Å²) in [4.78, 5) is 47.7. The summed E-state index contributed by atoms with van der Waals surface area (Å²) in [6.07, 6.45) is -0.968. The van der Waals surface area contributed by atoms with Crippen LogP contribution in [0.2, 0.25) is 0 Å². The number of nitro groups is 1. The monoisotopic (exact) mass is 398 g/mol. The van der Waals surface area contributed by atoms with E-state index in [9.17, 15) is 24.5 Å². The first-order chi connectivity index (χ1) is 13.7. The number of hydrogen-bond acceptors (Lipinski definition) is 6. The predicted molar refractivity (Wildman–Crippen MR) is 101 cm³/mol. The Kier molecular flexibility index (Phi) is 5.18. The summed E-state index contributed by atoms with van der Waals surface area (Å²) < 4.78 is 5.48. The summed E-state index contributed by atoms with van der Waals surface area (Å²) in [5.74, 6) is -0.954. The van der Waals surface area contributed by atoms with Gasteiger partial charge in [-0.25, -0.2) is 4.79 Å². The summed E-state index contributed by atoms with van der Waals surface area (Å²) in [6, 6.07) is 13.0. The highest BCUT2D eigenvalue weighted by Gasteiger charge is 2.50. The zero-order valence-electron chi connectivity index (χ0n) is 15.6. The highest BCUT2D eigenvalue weighted by atomic mass is 16.6. The minimum atomic E-state index is -1.48. The molecule has 1 aliphatic heterocycles. The minimum Gasteiger partial charge on any atom is -0.481 e. The van der Waals surface area contributed by atoms with Crippen molar-refractivity contribution in [1.82, 2.24) is 15.8 Å². The van der Waals surface area contributed by atoms with Gasteiger partial charge in [-0.3, -0.25) is 25.1 Å². The lowest BCUT2D eigenvalue weighted by Crippen LogP contribution is -2.51. The van der Waals surface area contributed by atoms with Crippen LogP contribution < -0.4 is 15.5 Å². The lowest BCUT2D eigenvalue weighted by atomic mass is 9.92. The first-order valence-corrected chi connectivity index (χ1v) is 8.66. The van der Waals surface area contributed by atoms with Gasteiger partial charge in [0.15, 0.2) is 6.10 Å². The molecule has 2 aromatic rings. The van der Waals surface area contributed by atoms with E-state index in [1.807, 2.05) is 0 Å². The maximum atomic E-state index is 12.8. The third-order valence-electron chi connectivity index (χ3n) is 4.49. The molecule has 150 valence electrons. The van der Waals surface area contributed by atoms with Gasteiger partial charge in [-0.2, -0.15) is 5.01 Å². The van der Waals surface area contributed by atoms with Crippen molar-refractivity contribution in [3.8, 4) is 5.75 Å². The van der Waals surface area contributed by atoms with Gasteiger partial charge in [0, 0.05) is 12.1 Å². The van der Waals surface area contributed by atoms with Gasteiger partial charge in [-0.1, -0.05) is 18.2 Å².